The van der Waals surface area contributed by atoms with Crippen LogP contribution in [0.1, 0.15) is 30.3 Å². The summed E-state index contributed by atoms with van der Waals surface area (Å²) >= 11 is 0. The van der Waals surface area contributed by atoms with E-state index in [2.05, 4.69) is 10.4 Å². The van der Waals surface area contributed by atoms with Gasteiger partial charge >= 0.3 is 0 Å². The van der Waals surface area contributed by atoms with Crippen LogP contribution in [0.3, 0.4) is 0 Å². The average molecular weight is 301 g/mol. The molecule has 2 rings (SSSR count). The van der Waals surface area contributed by atoms with E-state index >= 15 is 0 Å². The number of aromatic nitrogens is 2. The fraction of sp³-hybridized carbons (Fsp3) is 0.412. The van der Waals surface area contributed by atoms with Crippen molar-refractivity contribution in [3.63, 3.8) is 0 Å². The zero-order valence-electron chi connectivity index (χ0n) is 13.6. The van der Waals surface area contributed by atoms with Crippen LogP contribution < -0.4 is 10.1 Å². The van der Waals surface area contributed by atoms with Gasteiger partial charge in [0, 0.05) is 24.3 Å². The van der Waals surface area contributed by atoms with Crippen LogP contribution in [0.25, 0.3) is 0 Å². The van der Waals surface area contributed by atoms with Gasteiger partial charge < -0.3 is 10.1 Å². The molecule has 0 radical (unpaired) electrons. The number of anilines is 1. The summed E-state index contributed by atoms with van der Waals surface area (Å²) in [4.78, 5) is 12.0. The highest BCUT2D eigenvalue weighted by molar-refractivity contribution is 5.90. The first-order chi connectivity index (χ1) is 10.5. The van der Waals surface area contributed by atoms with Gasteiger partial charge in [0.15, 0.2) is 0 Å². The highest BCUT2D eigenvalue weighted by Gasteiger charge is 2.09. The second kappa shape index (κ2) is 7.11. The summed E-state index contributed by atoms with van der Waals surface area (Å²) in [5.41, 5.74) is 4.10. The molecule has 0 aliphatic heterocycles. The number of carbonyl (C=O) groups is 1. The van der Waals surface area contributed by atoms with Crippen molar-refractivity contribution in [3.05, 3.63) is 41.2 Å². The molecule has 1 amide bonds. The van der Waals surface area contributed by atoms with Crippen LogP contribution in [0, 0.1) is 20.8 Å². The summed E-state index contributed by atoms with van der Waals surface area (Å²) < 4.78 is 7.26. The number of nitrogens with one attached hydrogen (secondary N) is 1. The third-order valence-electron chi connectivity index (χ3n) is 3.74. The van der Waals surface area contributed by atoms with Gasteiger partial charge in [0.2, 0.25) is 5.91 Å². The maximum Gasteiger partial charge on any atom is 0.226 e. The van der Waals surface area contributed by atoms with Crippen molar-refractivity contribution in [1.29, 1.82) is 0 Å². The largest absolute Gasteiger partial charge is 0.494 e. The Balaban J connectivity index is 1.88. The Morgan fingerprint density at radius 1 is 1.23 bits per heavy atom. The standard InChI is InChI=1S/C17H23N3O2/c1-5-22-16-8-6-15(7-9-16)18-17(21)10-11-20-14(4)12(2)13(3)19-20/h6-9H,5,10-11H2,1-4H3,(H,18,21). The molecule has 0 atom stereocenters. The number of rotatable bonds is 6. The predicted octanol–water partition coefficient (Wildman–Crippen LogP) is 3.24. The van der Waals surface area contributed by atoms with Crippen molar-refractivity contribution in [2.45, 2.75) is 40.7 Å². The molecule has 5 heteroatoms. The van der Waals surface area contributed by atoms with E-state index < -0.39 is 0 Å². The molecule has 1 N–H and O–H groups in total. The fourth-order valence-electron chi connectivity index (χ4n) is 2.24. The molecule has 2 aromatic rings. The van der Waals surface area contributed by atoms with Crippen molar-refractivity contribution in [2.24, 2.45) is 0 Å². The summed E-state index contributed by atoms with van der Waals surface area (Å²) in [6.45, 7) is 9.22. The van der Waals surface area contributed by atoms with Gasteiger partial charge in [-0.1, -0.05) is 0 Å². The van der Waals surface area contributed by atoms with Crippen molar-refractivity contribution in [1.82, 2.24) is 9.78 Å². The number of hydrogen-bond donors (Lipinski definition) is 1. The van der Waals surface area contributed by atoms with Crippen molar-refractivity contribution < 1.29 is 9.53 Å². The molecule has 0 bridgehead atoms. The number of nitrogens with zero attached hydrogens (tertiary/aromatic N) is 2. The van der Waals surface area contributed by atoms with Gasteiger partial charge in [-0.2, -0.15) is 5.10 Å². The normalized spacial score (nSPS) is 10.5. The second-order valence-electron chi connectivity index (χ2n) is 5.27. The Morgan fingerprint density at radius 2 is 1.91 bits per heavy atom. The number of hydrogen-bond acceptors (Lipinski definition) is 3. The van der Waals surface area contributed by atoms with Crippen LogP contribution in [0.4, 0.5) is 5.69 Å². The van der Waals surface area contributed by atoms with E-state index in [1.54, 1.807) is 0 Å². The SMILES string of the molecule is CCOc1ccc(NC(=O)CCn2nc(C)c(C)c2C)cc1. The lowest BCUT2D eigenvalue weighted by atomic mass is 10.2. The minimum Gasteiger partial charge on any atom is -0.494 e. The first-order valence-electron chi connectivity index (χ1n) is 7.54. The number of amides is 1. The Bertz CT molecular complexity index is 645. The lowest BCUT2D eigenvalue weighted by Gasteiger charge is -2.08. The van der Waals surface area contributed by atoms with Crippen molar-refractivity contribution in [2.75, 3.05) is 11.9 Å². The van der Waals surface area contributed by atoms with Gasteiger partial charge in [0.05, 0.1) is 12.3 Å². The molecule has 0 saturated heterocycles. The number of aryl methyl sites for hydroxylation is 2. The third kappa shape index (κ3) is 3.87. The Hall–Kier alpha value is -2.30. The zero-order chi connectivity index (χ0) is 16.1. The average Bonchev–Trinajstić information content (AvgIpc) is 2.75. The van der Waals surface area contributed by atoms with Gasteiger partial charge in [-0.05, 0) is 57.5 Å². The lowest BCUT2D eigenvalue weighted by molar-refractivity contribution is -0.116. The van der Waals surface area contributed by atoms with E-state index in [0.717, 1.165) is 22.8 Å². The monoisotopic (exact) mass is 301 g/mol. The molecule has 5 nitrogen and oxygen atoms in total. The molecule has 22 heavy (non-hydrogen) atoms. The second-order valence-corrected chi connectivity index (χ2v) is 5.27. The first-order valence-corrected chi connectivity index (χ1v) is 7.54. The summed E-state index contributed by atoms with van der Waals surface area (Å²) in [5.74, 6) is 0.785. The fourth-order valence-corrected chi connectivity index (χ4v) is 2.24. The molecular weight excluding hydrogens is 278 g/mol. The summed E-state index contributed by atoms with van der Waals surface area (Å²) in [6.07, 6.45) is 0.397. The van der Waals surface area contributed by atoms with Crippen LogP contribution >= 0.6 is 0 Å². The topological polar surface area (TPSA) is 56.1 Å². The molecule has 1 aromatic heterocycles. The van der Waals surface area contributed by atoms with E-state index in [-0.39, 0.29) is 5.91 Å². The highest BCUT2D eigenvalue weighted by Crippen LogP contribution is 2.16. The van der Waals surface area contributed by atoms with Gasteiger partial charge in [-0.15, -0.1) is 0 Å². The maximum atomic E-state index is 12.0. The van der Waals surface area contributed by atoms with E-state index in [1.807, 2.05) is 56.6 Å². The third-order valence-corrected chi connectivity index (χ3v) is 3.74. The predicted molar refractivity (Wildman–Crippen MR) is 87.3 cm³/mol. The van der Waals surface area contributed by atoms with Gasteiger partial charge in [0.25, 0.3) is 0 Å². The Kier molecular flexibility index (Phi) is 5.20. The van der Waals surface area contributed by atoms with E-state index in [4.69, 9.17) is 4.74 Å². The molecule has 1 aromatic carbocycles. The first kappa shape index (κ1) is 16.1. The van der Waals surface area contributed by atoms with Crippen molar-refractivity contribution in [3.8, 4) is 5.75 Å². The minimum absolute atomic E-state index is 0.0191. The molecule has 0 fully saturated rings. The molecule has 0 spiro atoms. The molecule has 0 aliphatic carbocycles. The van der Waals surface area contributed by atoms with Crippen molar-refractivity contribution >= 4 is 11.6 Å². The minimum atomic E-state index is -0.0191. The molecule has 1 heterocycles. The van der Waals surface area contributed by atoms with Crippen LogP contribution in [-0.4, -0.2) is 22.3 Å². The smallest absolute Gasteiger partial charge is 0.226 e. The van der Waals surface area contributed by atoms with Gasteiger partial charge in [-0.3, -0.25) is 9.48 Å². The number of carbonyl (C=O) groups excluding carboxylic acids is 1. The van der Waals surface area contributed by atoms with E-state index in [9.17, 15) is 4.79 Å². The molecule has 0 unspecified atom stereocenters. The van der Waals surface area contributed by atoms with Gasteiger partial charge in [0.1, 0.15) is 5.75 Å². The molecule has 118 valence electrons. The van der Waals surface area contributed by atoms with E-state index in [0.29, 0.717) is 19.6 Å². The van der Waals surface area contributed by atoms with E-state index in [1.165, 1.54) is 5.56 Å². The Labute approximate surface area is 131 Å². The number of benzene rings is 1. The van der Waals surface area contributed by atoms with Crippen LogP contribution in [-0.2, 0) is 11.3 Å². The van der Waals surface area contributed by atoms with Gasteiger partial charge in [-0.25, -0.2) is 0 Å². The highest BCUT2D eigenvalue weighted by atomic mass is 16.5. The summed E-state index contributed by atoms with van der Waals surface area (Å²) in [6, 6.07) is 7.39. The number of ether oxygens (including phenoxy) is 1. The molecule has 0 saturated carbocycles. The maximum absolute atomic E-state index is 12.0. The molecule has 0 aliphatic rings. The van der Waals surface area contributed by atoms with Crippen LogP contribution in [0.15, 0.2) is 24.3 Å². The molecular formula is C17H23N3O2. The summed E-state index contributed by atoms with van der Waals surface area (Å²) in [5, 5.41) is 7.33. The quantitative estimate of drug-likeness (QED) is 0.891. The Morgan fingerprint density at radius 3 is 2.45 bits per heavy atom. The van der Waals surface area contributed by atoms with Crippen LogP contribution in [0.2, 0.25) is 0 Å². The summed E-state index contributed by atoms with van der Waals surface area (Å²) in [7, 11) is 0. The zero-order valence-corrected chi connectivity index (χ0v) is 13.6. The van der Waals surface area contributed by atoms with Crippen LogP contribution in [0.5, 0.6) is 5.75 Å². The lowest BCUT2D eigenvalue weighted by Crippen LogP contribution is -2.15.